The second-order valence-corrected chi connectivity index (χ2v) is 7.65. The van der Waals surface area contributed by atoms with Crippen LogP contribution < -0.4 is 0 Å². The van der Waals surface area contributed by atoms with Crippen molar-refractivity contribution in [3.05, 3.63) is 0 Å². The molecule has 0 bridgehead atoms. The van der Waals surface area contributed by atoms with E-state index in [1.54, 1.807) is 14.2 Å². The molecule has 2 fully saturated rings. The first-order chi connectivity index (χ1) is 13.9. The molecule has 2 heterocycles. The zero-order valence-electron chi connectivity index (χ0n) is 21.4. The lowest BCUT2D eigenvalue weighted by atomic mass is 9.90. The first kappa shape index (κ1) is 32.1. The van der Waals surface area contributed by atoms with Crippen molar-refractivity contribution in [3.63, 3.8) is 0 Å². The van der Waals surface area contributed by atoms with Gasteiger partial charge in [-0.05, 0) is 68.8 Å². The van der Waals surface area contributed by atoms with Crippen LogP contribution in [0, 0.1) is 0 Å². The Balaban J connectivity index is 0. The molecule has 0 unspecified atom stereocenters. The molecule has 2 aliphatic rings. The highest BCUT2D eigenvalue weighted by atomic mass is 16.7. The van der Waals surface area contributed by atoms with Crippen LogP contribution in [0.25, 0.3) is 0 Å². The van der Waals surface area contributed by atoms with Crippen molar-refractivity contribution in [2.75, 3.05) is 40.6 Å². The van der Waals surface area contributed by atoms with E-state index in [9.17, 15) is 0 Å². The van der Waals surface area contributed by atoms with E-state index in [1.165, 1.54) is 0 Å². The third kappa shape index (κ3) is 15.7. The van der Waals surface area contributed by atoms with E-state index in [2.05, 4.69) is 37.0 Å². The maximum Gasteiger partial charge on any atom is 0.454 e. The summed E-state index contributed by atoms with van der Waals surface area (Å²) >= 11 is 0. The Kier molecular flexibility index (Phi) is 18.7. The highest BCUT2D eigenvalue weighted by Gasteiger charge is 2.48. The fourth-order valence-corrected chi connectivity index (χ4v) is 2.23. The Bertz CT molecular complexity index is 372. The summed E-state index contributed by atoms with van der Waals surface area (Å²) in [7, 11) is 3.09. The molecule has 0 aromatic carbocycles. The summed E-state index contributed by atoms with van der Waals surface area (Å²) in [6.07, 6.45) is 0. The molecule has 0 radical (unpaired) electrons. The van der Waals surface area contributed by atoms with Crippen LogP contribution in [0.5, 0.6) is 0 Å². The number of hydrogen-bond donors (Lipinski definition) is 0. The van der Waals surface area contributed by atoms with Gasteiger partial charge in [-0.15, -0.1) is 0 Å². The lowest BCUT2D eigenvalue weighted by Crippen LogP contribution is -2.41. The summed E-state index contributed by atoms with van der Waals surface area (Å²) < 4.78 is 40.4. The Morgan fingerprint density at radius 1 is 0.733 bits per heavy atom. The fraction of sp³-hybridized carbons (Fsp3) is 1.00. The van der Waals surface area contributed by atoms with Crippen molar-refractivity contribution in [1.29, 1.82) is 0 Å². The average molecular weight is 432 g/mol. The highest BCUT2D eigenvalue weighted by Crippen LogP contribution is 2.36. The van der Waals surface area contributed by atoms with E-state index >= 15 is 0 Å². The number of hydrogen-bond acceptors (Lipinski definition) is 8. The first-order valence-electron chi connectivity index (χ1n) is 10.7. The van der Waals surface area contributed by atoms with Crippen LogP contribution in [0.15, 0.2) is 0 Å². The molecule has 0 aliphatic carbocycles. The molecule has 0 aromatic rings. The van der Waals surface area contributed by atoms with Crippen LogP contribution in [-0.2, 0) is 37.2 Å². The zero-order valence-corrected chi connectivity index (χ0v) is 21.4. The lowest BCUT2D eigenvalue weighted by molar-refractivity contribution is 0.00578. The third-order valence-corrected chi connectivity index (χ3v) is 4.63. The van der Waals surface area contributed by atoms with Gasteiger partial charge in [-0.1, -0.05) is 0 Å². The van der Waals surface area contributed by atoms with Gasteiger partial charge in [-0.2, -0.15) is 0 Å². The van der Waals surface area contributed by atoms with Crippen LogP contribution >= 0.6 is 0 Å². The minimum absolute atomic E-state index is 0.0370. The van der Waals surface area contributed by atoms with Gasteiger partial charge < -0.3 is 37.2 Å². The van der Waals surface area contributed by atoms with Crippen molar-refractivity contribution in [2.45, 2.75) is 80.0 Å². The molecule has 0 amide bonds. The van der Waals surface area contributed by atoms with Crippen molar-refractivity contribution < 1.29 is 37.2 Å². The fourth-order valence-electron chi connectivity index (χ4n) is 2.23. The van der Waals surface area contributed by atoms with Gasteiger partial charge in [0.2, 0.25) is 0 Å². The molecule has 0 saturated carbocycles. The quantitative estimate of drug-likeness (QED) is 0.592. The number of rotatable bonds is 6. The minimum Gasteiger partial charge on any atom is -0.414 e. The van der Waals surface area contributed by atoms with Gasteiger partial charge >= 0.3 is 28.5 Å². The molecule has 2 saturated heterocycles. The molecule has 30 heavy (non-hydrogen) atoms. The highest BCUT2D eigenvalue weighted by molar-refractivity contribution is 6.44. The molecule has 0 spiro atoms. The van der Waals surface area contributed by atoms with Gasteiger partial charge in [-0.3, -0.25) is 0 Å². The Labute approximate surface area is 186 Å². The standard InChI is InChI=1S/C7H15BO2.C5H13BO2.C3H7BO2.C3H9BO2/c1-6(2)7(3,4)10-8(5)9-6;1-4-7-6(3)8-5-2;1-4-5-2-3-6-4;1-4(5-2)6-3/h1-5H3;4-5H2,1-3H3;2-3H2,1H3;1-3H3. The maximum absolute atomic E-state index is 5.54. The average Bonchev–Trinajstić information content (AvgIpc) is 3.19. The van der Waals surface area contributed by atoms with Crippen LogP contribution in [0.3, 0.4) is 0 Å². The monoisotopic (exact) mass is 432 g/mol. The molecule has 2 aliphatic heterocycles. The first-order valence-corrected chi connectivity index (χ1v) is 10.7. The van der Waals surface area contributed by atoms with Crippen molar-refractivity contribution in [3.8, 4) is 0 Å². The summed E-state index contributed by atoms with van der Waals surface area (Å²) in [6.45, 7) is 22.6. The predicted octanol–water partition coefficient (Wildman–Crippen LogP) is 3.43. The topological polar surface area (TPSA) is 73.8 Å². The van der Waals surface area contributed by atoms with Crippen molar-refractivity contribution in [2.24, 2.45) is 0 Å². The summed E-state index contributed by atoms with van der Waals surface area (Å²) in [4.78, 5) is 0. The van der Waals surface area contributed by atoms with Crippen LogP contribution in [0.2, 0.25) is 27.3 Å². The van der Waals surface area contributed by atoms with E-state index in [0.717, 1.165) is 26.4 Å². The van der Waals surface area contributed by atoms with E-state index in [0.29, 0.717) is 0 Å². The molecule has 0 N–H and O–H groups in total. The Morgan fingerprint density at radius 2 is 1.10 bits per heavy atom. The van der Waals surface area contributed by atoms with Crippen LogP contribution in [-0.4, -0.2) is 80.3 Å². The van der Waals surface area contributed by atoms with Gasteiger partial charge in [0.05, 0.1) is 24.4 Å². The van der Waals surface area contributed by atoms with Gasteiger partial charge in [0.15, 0.2) is 0 Å². The van der Waals surface area contributed by atoms with Crippen LogP contribution in [0.1, 0.15) is 41.5 Å². The molecule has 2 rings (SSSR count). The Morgan fingerprint density at radius 3 is 1.23 bits per heavy atom. The molecular weight excluding hydrogens is 387 g/mol. The van der Waals surface area contributed by atoms with Gasteiger partial charge in [-0.25, -0.2) is 0 Å². The molecular formula is C18H44B4O8. The molecule has 12 heteroatoms. The van der Waals surface area contributed by atoms with Crippen molar-refractivity contribution in [1.82, 2.24) is 0 Å². The largest absolute Gasteiger partial charge is 0.454 e. The maximum atomic E-state index is 5.54. The van der Waals surface area contributed by atoms with Gasteiger partial charge in [0, 0.05) is 27.4 Å². The smallest absolute Gasteiger partial charge is 0.414 e. The zero-order chi connectivity index (χ0) is 23.8. The summed E-state index contributed by atoms with van der Waals surface area (Å²) in [5, 5.41) is 0. The summed E-state index contributed by atoms with van der Waals surface area (Å²) in [6, 6.07) is 0. The lowest BCUT2D eigenvalue weighted by Gasteiger charge is -2.32. The predicted molar refractivity (Wildman–Crippen MR) is 126 cm³/mol. The SMILES string of the molecule is CB1OC(C)(C)C(C)(C)O1.CB1OCCO1.CCOB(C)OCC.COB(C)OC. The minimum atomic E-state index is -0.160. The van der Waals surface area contributed by atoms with Crippen LogP contribution in [0.4, 0.5) is 0 Å². The van der Waals surface area contributed by atoms with E-state index in [1.807, 2.05) is 41.1 Å². The molecule has 0 aromatic heterocycles. The summed E-state index contributed by atoms with van der Waals surface area (Å²) in [5.41, 5.74) is -0.321. The van der Waals surface area contributed by atoms with E-state index in [-0.39, 0.29) is 39.7 Å². The van der Waals surface area contributed by atoms with Gasteiger partial charge in [0.1, 0.15) is 0 Å². The van der Waals surface area contributed by atoms with Crippen molar-refractivity contribution >= 4 is 28.5 Å². The third-order valence-electron chi connectivity index (χ3n) is 4.63. The second-order valence-electron chi connectivity index (χ2n) is 7.65. The summed E-state index contributed by atoms with van der Waals surface area (Å²) in [5.74, 6) is 0. The Hall–Kier alpha value is -0.0603. The molecule has 0 atom stereocenters. The van der Waals surface area contributed by atoms with E-state index in [4.69, 9.17) is 27.9 Å². The second kappa shape index (κ2) is 17.5. The van der Waals surface area contributed by atoms with Gasteiger partial charge in [0.25, 0.3) is 0 Å². The van der Waals surface area contributed by atoms with E-state index < -0.39 is 0 Å². The normalized spacial score (nSPS) is 18.4. The molecule has 176 valence electrons. The molecule has 8 nitrogen and oxygen atoms in total.